The van der Waals surface area contributed by atoms with Gasteiger partial charge in [0.05, 0.1) is 12.5 Å². The summed E-state index contributed by atoms with van der Waals surface area (Å²) in [5.41, 5.74) is 0. The fourth-order valence-corrected chi connectivity index (χ4v) is 2.01. The second-order valence-electron chi connectivity index (χ2n) is 4.92. The van der Waals surface area contributed by atoms with Gasteiger partial charge in [0.1, 0.15) is 6.33 Å². The van der Waals surface area contributed by atoms with Crippen molar-refractivity contribution in [3.63, 3.8) is 0 Å². The summed E-state index contributed by atoms with van der Waals surface area (Å²) in [6.07, 6.45) is 5.37. The third kappa shape index (κ3) is 4.13. The lowest BCUT2D eigenvalue weighted by atomic mass is 10.2. The largest absolute Gasteiger partial charge is 0.339 e. The Balaban J connectivity index is 2.33. The second kappa shape index (κ2) is 6.99. The lowest BCUT2D eigenvalue weighted by Crippen LogP contribution is -2.30. The zero-order chi connectivity index (χ0) is 15.2. The Kier molecular flexibility index (Phi) is 5.06. The SMILES string of the molecule is CC(C)CN(CCC#N)c1nc(Cl)nc(-n2ccnc2)n1. The summed E-state index contributed by atoms with van der Waals surface area (Å²) in [7, 11) is 0. The average molecular weight is 306 g/mol. The van der Waals surface area contributed by atoms with Crippen molar-refractivity contribution >= 4 is 17.5 Å². The molecule has 2 heterocycles. The second-order valence-corrected chi connectivity index (χ2v) is 5.26. The third-order valence-corrected chi connectivity index (χ3v) is 2.85. The van der Waals surface area contributed by atoms with Crippen LogP contribution >= 0.6 is 11.6 Å². The molecule has 0 bridgehead atoms. The van der Waals surface area contributed by atoms with Crippen molar-refractivity contribution in [3.05, 3.63) is 24.0 Å². The van der Waals surface area contributed by atoms with Crippen LogP contribution < -0.4 is 4.90 Å². The first-order valence-corrected chi connectivity index (χ1v) is 6.99. The molecular weight excluding hydrogens is 290 g/mol. The molecule has 0 unspecified atom stereocenters. The predicted molar refractivity (Wildman–Crippen MR) is 79.2 cm³/mol. The van der Waals surface area contributed by atoms with E-state index in [1.165, 1.54) is 0 Å². The highest BCUT2D eigenvalue weighted by Gasteiger charge is 2.15. The normalized spacial score (nSPS) is 10.6. The van der Waals surface area contributed by atoms with Crippen molar-refractivity contribution < 1.29 is 0 Å². The van der Waals surface area contributed by atoms with E-state index in [1.54, 1.807) is 23.3 Å². The molecule has 0 aliphatic carbocycles. The topological polar surface area (TPSA) is 83.5 Å². The molecule has 2 aromatic heterocycles. The molecule has 8 heteroatoms. The van der Waals surface area contributed by atoms with E-state index in [2.05, 4.69) is 39.9 Å². The van der Waals surface area contributed by atoms with Crippen LogP contribution in [-0.4, -0.2) is 37.6 Å². The Hall–Kier alpha value is -2.20. The van der Waals surface area contributed by atoms with Crippen LogP contribution in [0.2, 0.25) is 5.28 Å². The maximum atomic E-state index is 8.79. The van der Waals surface area contributed by atoms with Gasteiger partial charge < -0.3 is 4.90 Å². The van der Waals surface area contributed by atoms with Gasteiger partial charge >= 0.3 is 0 Å². The third-order valence-electron chi connectivity index (χ3n) is 2.68. The predicted octanol–water partition coefficient (Wildman–Crippen LogP) is 2.09. The summed E-state index contributed by atoms with van der Waals surface area (Å²) in [6, 6.07) is 2.14. The highest BCUT2D eigenvalue weighted by molar-refractivity contribution is 6.28. The van der Waals surface area contributed by atoms with Crippen molar-refractivity contribution in [3.8, 4) is 12.0 Å². The maximum Gasteiger partial charge on any atom is 0.241 e. The lowest BCUT2D eigenvalue weighted by molar-refractivity contribution is 0.600. The Bertz CT molecular complexity index is 618. The van der Waals surface area contributed by atoms with Crippen molar-refractivity contribution in [2.24, 2.45) is 5.92 Å². The lowest BCUT2D eigenvalue weighted by Gasteiger charge is -2.23. The molecule has 0 radical (unpaired) electrons. The molecule has 21 heavy (non-hydrogen) atoms. The van der Waals surface area contributed by atoms with Crippen LogP contribution in [0.15, 0.2) is 18.7 Å². The van der Waals surface area contributed by atoms with Gasteiger partial charge in [0.15, 0.2) is 0 Å². The average Bonchev–Trinajstić information content (AvgIpc) is 2.96. The molecule has 0 N–H and O–H groups in total. The van der Waals surface area contributed by atoms with Gasteiger partial charge in [-0.25, -0.2) is 4.98 Å². The quantitative estimate of drug-likeness (QED) is 0.812. The van der Waals surface area contributed by atoms with Gasteiger partial charge in [0, 0.05) is 25.5 Å². The van der Waals surface area contributed by atoms with Crippen LogP contribution in [0.4, 0.5) is 5.95 Å². The van der Waals surface area contributed by atoms with Crippen LogP contribution in [0, 0.1) is 17.2 Å². The Morgan fingerprint density at radius 2 is 2.19 bits per heavy atom. The zero-order valence-electron chi connectivity index (χ0n) is 11.9. The molecule has 0 fully saturated rings. The van der Waals surface area contributed by atoms with Crippen LogP contribution in [0.25, 0.3) is 5.95 Å². The Morgan fingerprint density at radius 1 is 1.38 bits per heavy atom. The summed E-state index contributed by atoms with van der Waals surface area (Å²) in [4.78, 5) is 18.6. The molecule has 0 aromatic carbocycles. The molecule has 0 saturated carbocycles. The van der Waals surface area contributed by atoms with Gasteiger partial charge in [-0.1, -0.05) is 13.8 Å². The molecule has 0 atom stereocenters. The number of aromatic nitrogens is 5. The number of hydrogen-bond donors (Lipinski definition) is 0. The van der Waals surface area contributed by atoms with Crippen molar-refractivity contribution in [1.82, 2.24) is 24.5 Å². The first-order valence-electron chi connectivity index (χ1n) is 6.62. The molecule has 0 spiro atoms. The standard InChI is InChI=1S/C13H16ClN7/c1-10(2)8-20(6-3-4-15)12-17-11(14)18-13(19-12)21-7-5-16-9-21/h5,7,9-10H,3,6,8H2,1-2H3. The van der Waals surface area contributed by atoms with E-state index in [9.17, 15) is 0 Å². The molecule has 2 aromatic rings. The van der Waals surface area contributed by atoms with E-state index in [-0.39, 0.29) is 5.28 Å². The number of nitrogens with zero attached hydrogens (tertiary/aromatic N) is 7. The first-order chi connectivity index (χ1) is 10.1. The van der Waals surface area contributed by atoms with Gasteiger partial charge in [-0.05, 0) is 17.5 Å². The number of anilines is 1. The molecule has 0 aliphatic heterocycles. The molecule has 110 valence electrons. The fraction of sp³-hybridized carbons (Fsp3) is 0.462. The van der Waals surface area contributed by atoms with Crippen LogP contribution in [0.5, 0.6) is 0 Å². The number of imidazole rings is 1. The van der Waals surface area contributed by atoms with Crippen molar-refractivity contribution in [2.75, 3.05) is 18.0 Å². The summed E-state index contributed by atoms with van der Waals surface area (Å²) in [5, 5.41) is 8.91. The molecule has 0 aliphatic rings. The smallest absolute Gasteiger partial charge is 0.241 e. The number of hydrogen-bond acceptors (Lipinski definition) is 6. The van der Waals surface area contributed by atoms with E-state index in [0.717, 1.165) is 6.54 Å². The molecule has 2 rings (SSSR count). The van der Waals surface area contributed by atoms with Crippen LogP contribution in [-0.2, 0) is 0 Å². The van der Waals surface area contributed by atoms with Gasteiger partial charge in [-0.2, -0.15) is 20.2 Å². The maximum absolute atomic E-state index is 8.79. The monoisotopic (exact) mass is 305 g/mol. The first kappa shape index (κ1) is 15.2. The molecular formula is C13H16ClN7. The van der Waals surface area contributed by atoms with Gasteiger partial charge in [0.25, 0.3) is 0 Å². The molecule has 7 nitrogen and oxygen atoms in total. The summed E-state index contributed by atoms with van der Waals surface area (Å²) >= 11 is 5.99. The Labute approximate surface area is 128 Å². The number of halogens is 1. The zero-order valence-corrected chi connectivity index (χ0v) is 12.7. The van der Waals surface area contributed by atoms with Crippen LogP contribution in [0.1, 0.15) is 20.3 Å². The minimum Gasteiger partial charge on any atom is -0.339 e. The molecule has 0 saturated heterocycles. The summed E-state index contributed by atoms with van der Waals surface area (Å²) in [5.74, 6) is 1.30. The van der Waals surface area contributed by atoms with Gasteiger partial charge in [-0.15, -0.1) is 0 Å². The van der Waals surface area contributed by atoms with Crippen molar-refractivity contribution in [1.29, 1.82) is 5.26 Å². The minimum atomic E-state index is 0.120. The number of nitriles is 1. The van der Waals surface area contributed by atoms with Crippen molar-refractivity contribution in [2.45, 2.75) is 20.3 Å². The highest BCUT2D eigenvalue weighted by Crippen LogP contribution is 2.15. The van der Waals surface area contributed by atoms with Crippen LogP contribution in [0.3, 0.4) is 0 Å². The van der Waals surface area contributed by atoms with E-state index < -0.39 is 0 Å². The highest BCUT2D eigenvalue weighted by atomic mass is 35.5. The molecule has 0 amide bonds. The Morgan fingerprint density at radius 3 is 2.81 bits per heavy atom. The van der Waals surface area contributed by atoms with E-state index >= 15 is 0 Å². The van der Waals surface area contributed by atoms with E-state index in [0.29, 0.717) is 30.8 Å². The minimum absolute atomic E-state index is 0.120. The summed E-state index contributed by atoms with van der Waals surface area (Å²) < 4.78 is 1.66. The van der Waals surface area contributed by atoms with Gasteiger partial charge in [-0.3, -0.25) is 4.57 Å². The van der Waals surface area contributed by atoms with E-state index in [4.69, 9.17) is 16.9 Å². The van der Waals surface area contributed by atoms with E-state index in [1.807, 2.05) is 4.90 Å². The summed E-state index contributed by atoms with van der Waals surface area (Å²) in [6.45, 7) is 5.49. The van der Waals surface area contributed by atoms with Gasteiger partial charge in [0.2, 0.25) is 17.2 Å². The number of rotatable bonds is 6. The fourth-order valence-electron chi connectivity index (χ4n) is 1.86.